The minimum Gasteiger partial charge on any atom is -0.357 e. The molecule has 1 fully saturated rings. The van der Waals surface area contributed by atoms with Crippen molar-refractivity contribution in [2.75, 3.05) is 31.5 Å². The summed E-state index contributed by atoms with van der Waals surface area (Å²) in [5, 5.41) is 9.58. The fraction of sp³-hybridized carbons (Fsp3) is 0.579. The molecule has 0 unspecified atom stereocenters. The first-order chi connectivity index (χ1) is 12.2. The van der Waals surface area contributed by atoms with E-state index in [1.165, 1.54) is 0 Å². The molecule has 2 amide bonds. The van der Waals surface area contributed by atoms with Gasteiger partial charge < -0.3 is 20.9 Å². The fourth-order valence-electron chi connectivity index (χ4n) is 2.77. The van der Waals surface area contributed by atoms with E-state index in [-0.39, 0.29) is 30.0 Å². The lowest BCUT2D eigenvalue weighted by Gasteiger charge is -2.16. The molecule has 7 heteroatoms. The summed E-state index contributed by atoms with van der Waals surface area (Å²) < 4.78 is 0. The number of anilines is 1. The fourth-order valence-corrected chi connectivity index (χ4v) is 2.77. The zero-order valence-electron chi connectivity index (χ0n) is 15.9. The van der Waals surface area contributed by atoms with Crippen LogP contribution in [0.15, 0.2) is 29.3 Å². The molecule has 1 heterocycles. The quantitative estimate of drug-likeness (QED) is 0.244. The average molecular weight is 473 g/mol. The molecule has 0 aliphatic carbocycles. The molecule has 26 heavy (non-hydrogen) atoms. The van der Waals surface area contributed by atoms with Crippen molar-refractivity contribution in [1.82, 2.24) is 15.5 Å². The van der Waals surface area contributed by atoms with E-state index in [0.29, 0.717) is 6.54 Å². The number of amides is 2. The molecule has 1 aromatic rings. The number of nitrogens with zero attached hydrogens (tertiary/aromatic N) is 2. The van der Waals surface area contributed by atoms with E-state index in [0.717, 1.165) is 69.1 Å². The summed E-state index contributed by atoms with van der Waals surface area (Å²) in [5.41, 5.74) is 1.90. The molecule has 146 valence electrons. The Balaban J connectivity index is 0.00000338. The van der Waals surface area contributed by atoms with Crippen LogP contribution in [0.3, 0.4) is 0 Å². The predicted octanol–water partition coefficient (Wildman–Crippen LogP) is 3.79. The van der Waals surface area contributed by atoms with Gasteiger partial charge in [0.1, 0.15) is 0 Å². The zero-order chi connectivity index (χ0) is 17.9. The van der Waals surface area contributed by atoms with E-state index in [1.807, 2.05) is 29.2 Å². The third kappa shape index (κ3) is 7.80. The lowest BCUT2D eigenvalue weighted by atomic mass is 10.2. The van der Waals surface area contributed by atoms with Gasteiger partial charge in [-0.2, -0.15) is 0 Å². The highest BCUT2D eigenvalue weighted by Gasteiger charge is 2.17. The summed E-state index contributed by atoms with van der Waals surface area (Å²) >= 11 is 0. The summed E-state index contributed by atoms with van der Waals surface area (Å²) in [6.07, 6.45) is 4.48. The Morgan fingerprint density at radius 3 is 2.65 bits per heavy atom. The van der Waals surface area contributed by atoms with Crippen molar-refractivity contribution in [3.63, 3.8) is 0 Å². The molecule has 1 aromatic carbocycles. The first kappa shape index (κ1) is 22.5. The van der Waals surface area contributed by atoms with Gasteiger partial charge in [-0.3, -0.25) is 0 Å². The lowest BCUT2D eigenvalue weighted by molar-refractivity contribution is 0.222. The smallest absolute Gasteiger partial charge is 0.321 e. The summed E-state index contributed by atoms with van der Waals surface area (Å²) in [7, 11) is 0. The molecule has 1 saturated heterocycles. The van der Waals surface area contributed by atoms with Crippen molar-refractivity contribution in [3.05, 3.63) is 29.8 Å². The number of hydrogen-bond donors (Lipinski definition) is 3. The third-order valence-corrected chi connectivity index (χ3v) is 4.16. The number of hydrogen-bond acceptors (Lipinski definition) is 2. The van der Waals surface area contributed by atoms with Gasteiger partial charge in [0, 0.05) is 31.9 Å². The van der Waals surface area contributed by atoms with Gasteiger partial charge in [-0.1, -0.05) is 25.5 Å². The highest BCUT2D eigenvalue weighted by molar-refractivity contribution is 14.0. The predicted molar refractivity (Wildman–Crippen MR) is 119 cm³/mol. The van der Waals surface area contributed by atoms with Gasteiger partial charge in [0.2, 0.25) is 0 Å². The lowest BCUT2D eigenvalue weighted by Crippen LogP contribution is -2.37. The van der Waals surface area contributed by atoms with Gasteiger partial charge in [-0.05, 0) is 43.9 Å². The molecule has 0 atom stereocenters. The standard InChI is InChI=1S/C19H31N5O.HI/c1-3-5-11-21-18(20-4-2)22-15-16-9-8-10-17(14-16)23-19(25)24-12-6-7-13-24;/h8-10,14H,3-7,11-13,15H2,1-2H3,(H,23,25)(H2,20,21,22);1H. The van der Waals surface area contributed by atoms with Crippen LogP contribution in [0.2, 0.25) is 0 Å². The Labute approximate surface area is 174 Å². The van der Waals surface area contributed by atoms with Crippen LogP contribution in [-0.2, 0) is 6.54 Å². The largest absolute Gasteiger partial charge is 0.357 e. The second-order valence-electron chi connectivity index (χ2n) is 6.30. The van der Waals surface area contributed by atoms with Crippen molar-refractivity contribution in [2.24, 2.45) is 4.99 Å². The van der Waals surface area contributed by atoms with Crippen LogP contribution in [0, 0.1) is 0 Å². The van der Waals surface area contributed by atoms with Crippen LogP contribution in [0.5, 0.6) is 0 Å². The van der Waals surface area contributed by atoms with Crippen LogP contribution in [0.4, 0.5) is 10.5 Å². The molecule has 1 aliphatic rings. The second kappa shape index (κ2) is 12.8. The van der Waals surface area contributed by atoms with Crippen LogP contribution < -0.4 is 16.0 Å². The number of halogens is 1. The number of aliphatic imine (C=N–C) groups is 1. The molecule has 0 bridgehead atoms. The van der Waals surface area contributed by atoms with Gasteiger partial charge in [0.25, 0.3) is 0 Å². The normalized spacial score (nSPS) is 13.9. The van der Waals surface area contributed by atoms with Crippen molar-refractivity contribution in [3.8, 4) is 0 Å². The van der Waals surface area contributed by atoms with Gasteiger partial charge in [0.05, 0.1) is 6.54 Å². The summed E-state index contributed by atoms with van der Waals surface area (Å²) in [6, 6.07) is 7.90. The van der Waals surface area contributed by atoms with Crippen molar-refractivity contribution < 1.29 is 4.79 Å². The van der Waals surface area contributed by atoms with Crippen LogP contribution in [0.25, 0.3) is 0 Å². The highest BCUT2D eigenvalue weighted by Crippen LogP contribution is 2.14. The highest BCUT2D eigenvalue weighted by atomic mass is 127. The number of carbonyl (C=O) groups is 1. The average Bonchev–Trinajstić information content (AvgIpc) is 3.15. The number of carbonyl (C=O) groups excluding carboxylic acids is 1. The van der Waals surface area contributed by atoms with E-state index >= 15 is 0 Å². The maximum atomic E-state index is 12.2. The van der Waals surface area contributed by atoms with Crippen LogP contribution >= 0.6 is 24.0 Å². The molecule has 1 aliphatic heterocycles. The molecule has 2 rings (SSSR count). The Bertz CT molecular complexity index is 573. The molecule has 3 N–H and O–H groups in total. The number of benzene rings is 1. The van der Waals surface area contributed by atoms with Gasteiger partial charge in [0.15, 0.2) is 5.96 Å². The summed E-state index contributed by atoms with van der Waals surface area (Å²) in [4.78, 5) is 18.7. The van der Waals surface area contributed by atoms with Crippen molar-refractivity contribution in [1.29, 1.82) is 0 Å². The van der Waals surface area contributed by atoms with Gasteiger partial charge in [-0.25, -0.2) is 9.79 Å². The first-order valence-corrected chi connectivity index (χ1v) is 9.40. The SMILES string of the molecule is CCCCNC(=NCc1cccc(NC(=O)N2CCCC2)c1)NCC.I. The van der Waals surface area contributed by atoms with Gasteiger partial charge >= 0.3 is 6.03 Å². The van der Waals surface area contributed by atoms with E-state index in [4.69, 9.17) is 0 Å². The number of urea groups is 1. The first-order valence-electron chi connectivity index (χ1n) is 9.40. The Morgan fingerprint density at radius 1 is 1.19 bits per heavy atom. The van der Waals surface area contributed by atoms with E-state index in [9.17, 15) is 4.79 Å². The number of rotatable bonds is 7. The number of unbranched alkanes of at least 4 members (excludes halogenated alkanes) is 1. The van der Waals surface area contributed by atoms with Crippen molar-refractivity contribution >= 4 is 41.7 Å². The molecule has 0 saturated carbocycles. The maximum Gasteiger partial charge on any atom is 0.321 e. The molecule has 0 spiro atoms. The molecule has 0 radical (unpaired) electrons. The summed E-state index contributed by atoms with van der Waals surface area (Å²) in [5.74, 6) is 0.836. The van der Waals surface area contributed by atoms with Crippen LogP contribution in [0.1, 0.15) is 45.1 Å². The summed E-state index contributed by atoms with van der Waals surface area (Å²) in [6.45, 7) is 8.28. The zero-order valence-corrected chi connectivity index (χ0v) is 18.2. The van der Waals surface area contributed by atoms with Crippen molar-refractivity contribution in [2.45, 2.75) is 46.1 Å². The Hall–Kier alpha value is -1.51. The second-order valence-corrected chi connectivity index (χ2v) is 6.30. The minimum absolute atomic E-state index is 0. The van der Waals surface area contributed by atoms with Gasteiger partial charge in [-0.15, -0.1) is 24.0 Å². The van der Waals surface area contributed by atoms with E-state index in [2.05, 4.69) is 34.8 Å². The number of nitrogens with one attached hydrogen (secondary N) is 3. The molecular weight excluding hydrogens is 441 g/mol. The minimum atomic E-state index is -0.00674. The number of likely N-dealkylation sites (tertiary alicyclic amines) is 1. The maximum absolute atomic E-state index is 12.2. The van der Waals surface area contributed by atoms with E-state index < -0.39 is 0 Å². The molecular formula is C19H32IN5O. The number of guanidine groups is 1. The Morgan fingerprint density at radius 2 is 1.96 bits per heavy atom. The van der Waals surface area contributed by atoms with E-state index in [1.54, 1.807) is 0 Å². The topological polar surface area (TPSA) is 68.8 Å². The monoisotopic (exact) mass is 473 g/mol. The Kier molecular flexibility index (Phi) is 11.1. The van der Waals surface area contributed by atoms with Crippen LogP contribution in [-0.4, -0.2) is 43.1 Å². The molecule has 6 nitrogen and oxygen atoms in total. The third-order valence-electron chi connectivity index (χ3n) is 4.16. The molecule has 0 aromatic heterocycles.